The van der Waals surface area contributed by atoms with Gasteiger partial charge in [-0.2, -0.15) is 0 Å². The maximum absolute atomic E-state index is 14.1. The first-order chi connectivity index (χ1) is 9.52. The number of halogens is 1. The molecule has 1 amide bonds. The number of nitrogens with zero attached hydrogens (tertiary/aromatic N) is 1. The molecule has 4 nitrogen and oxygen atoms in total. The van der Waals surface area contributed by atoms with E-state index in [0.717, 1.165) is 12.8 Å². The molecule has 1 aliphatic heterocycles. The summed E-state index contributed by atoms with van der Waals surface area (Å²) < 4.78 is 14.1. The summed E-state index contributed by atoms with van der Waals surface area (Å²) in [6, 6.07) is 4.83. The average molecular weight is 280 g/mol. The second-order valence-corrected chi connectivity index (χ2v) is 5.26. The number of amides is 1. The van der Waals surface area contributed by atoms with E-state index in [1.807, 2.05) is 4.90 Å². The summed E-state index contributed by atoms with van der Waals surface area (Å²) >= 11 is 0. The van der Waals surface area contributed by atoms with Gasteiger partial charge in [0.15, 0.2) is 0 Å². The number of carbonyl (C=O) groups is 1. The van der Waals surface area contributed by atoms with Gasteiger partial charge in [0.25, 0.3) is 0 Å². The van der Waals surface area contributed by atoms with Crippen LogP contribution in [0.4, 0.5) is 10.1 Å². The maximum atomic E-state index is 14.1. The van der Waals surface area contributed by atoms with Gasteiger partial charge in [0.1, 0.15) is 5.82 Å². The fourth-order valence-corrected chi connectivity index (χ4v) is 2.63. The van der Waals surface area contributed by atoms with Gasteiger partial charge in [0.2, 0.25) is 5.91 Å². The highest BCUT2D eigenvalue weighted by Crippen LogP contribution is 2.27. The zero-order valence-corrected chi connectivity index (χ0v) is 11.9. The first-order valence-corrected chi connectivity index (χ1v) is 6.97. The molecule has 1 atom stereocenters. The van der Waals surface area contributed by atoms with Crippen LogP contribution in [0.1, 0.15) is 31.4 Å². The highest BCUT2D eigenvalue weighted by Gasteiger charge is 2.25. The second kappa shape index (κ2) is 6.22. The Bertz CT molecular complexity index is 483. The van der Waals surface area contributed by atoms with Crippen LogP contribution < -0.4 is 10.2 Å². The molecule has 1 fully saturated rings. The summed E-state index contributed by atoms with van der Waals surface area (Å²) in [6.45, 7) is 2.95. The van der Waals surface area contributed by atoms with Crippen molar-refractivity contribution in [3.05, 3.63) is 29.6 Å². The van der Waals surface area contributed by atoms with Crippen molar-refractivity contribution in [2.24, 2.45) is 5.92 Å². The molecule has 0 spiro atoms. The second-order valence-electron chi connectivity index (χ2n) is 5.26. The van der Waals surface area contributed by atoms with Crippen molar-refractivity contribution in [3.8, 4) is 0 Å². The molecule has 0 bridgehead atoms. The third-order valence-corrected chi connectivity index (χ3v) is 3.91. The predicted molar refractivity (Wildman–Crippen MR) is 76.0 cm³/mol. The number of anilines is 1. The van der Waals surface area contributed by atoms with Crippen LogP contribution >= 0.6 is 0 Å². The van der Waals surface area contributed by atoms with E-state index in [4.69, 9.17) is 0 Å². The number of aliphatic hydroxyl groups is 1. The van der Waals surface area contributed by atoms with E-state index in [1.54, 1.807) is 26.1 Å². The van der Waals surface area contributed by atoms with Gasteiger partial charge in [0.05, 0.1) is 11.8 Å². The van der Waals surface area contributed by atoms with Gasteiger partial charge in [-0.25, -0.2) is 4.39 Å². The zero-order valence-electron chi connectivity index (χ0n) is 11.9. The molecular weight excluding hydrogens is 259 g/mol. The topological polar surface area (TPSA) is 52.6 Å². The number of benzene rings is 1. The minimum absolute atomic E-state index is 0.0241. The Morgan fingerprint density at radius 1 is 1.45 bits per heavy atom. The zero-order chi connectivity index (χ0) is 14.7. The Labute approximate surface area is 118 Å². The van der Waals surface area contributed by atoms with Gasteiger partial charge >= 0.3 is 0 Å². The Balaban J connectivity index is 2.05. The average Bonchev–Trinajstić information content (AvgIpc) is 2.46. The number of nitrogens with one attached hydrogen (secondary N) is 1. The summed E-state index contributed by atoms with van der Waals surface area (Å²) in [5.74, 6) is -0.229. The molecule has 20 heavy (non-hydrogen) atoms. The summed E-state index contributed by atoms with van der Waals surface area (Å²) in [4.78, 5) is 13.5. The smallest absolute Gasteiger partial charge is 0.222 e. The molecule has 0 saturated carbocycles. The normalized spacial score (nSPS) is 17.9. The number of rotatable bonds is 3. The molecular formula is C15H21FN2O2. The van der Waals surface area contributed by atoms with Crippen molar-refractivity contribution in [3.63, 3.8) is 0 Å². The number of carbonyl (C=O) groups excluding carboxylic acids is 1. The molecule has 1 aromatic rings. The van der Waals surface area contributed by atoms with Crippen LogP contribution in [-0.2, 0) is 4.79 Å². The van der Waals surface area contributed by atoms with E-state index < -0.39 is 6.10 Å². The lowest BCUT2D eigenvalue weighted by molar-refractivity contribution is -0.125. The molecule has 2 N–H and O–H groups in total. The van der Waals surface area contributed by atoms with Crippen molar-refractivity contribution < 1.29 is 14.3 Å². The fourth-order valence-electron chi connectivity index (χ4n) is 2.63. The molecule has 2 rings (SSSR count). The van der Waals surface area contributed by atoms with E-state index in [9.17, 15) is 14.3 Å². The van der Waals surface area contributed by atoms with Crippen LogP contribution in [0, 0.1) is 11.7 Å². The van der Waals surface area contributed by atoms with Gasteiger partial charge in [-0.1, -0.05) is 6.07 Å². The van der Waals surface area contributed by atoms with E-state index in [1.165, 1.54) is 6.07 Å². The lowest BCUT2D eigenvalue weighted by Gasteiger charge is -2.33. The third kappa shape index (κ3) is 3.10. The van der Waals surface area contributed by atoms with Crippen LogP contribution in [-0.4, -0.2) is 31.2 Å². The quantitative estimate of drug-likeness (QED) is 0.888. The molecule has 110 valence electrons. The maximum Gasteiger partial charge on any atom is 0.222 e. The predicted octanol–water partition coefficient (Wildman–Crippen LogP) is 1.84. The molecule has 0 aromatic heterocycles. The Morgan fingerprint density at radius 3 is 2.60 bits per heavy atom. The minimum atomic E-state index is -0.669. The molecule has 1 aliphatic rings. The van der Waals surface area contributed by atoms with Gasteiger partial charge < -0.3 is 15.3 Å². The van der Waals surface area contributed by atoms with Crippen molar-refractivity contribution >= 4 is 11.6 Å². The molecule has 0 aliphatic carbocycles. The lowest BCUT2D eigenvalue weighted by atomic mass is 9.95. The Morgan fingerprint density at radius 2 is 2.10 bits per heavy atom. The molecule has 1 saturated heterocycles. The SMILES string of the molecule is CNC(=O)C1CCN(c2ccc([C@@H](C)O)cc2F)CC1. The molecule has 0 radical (unpaired) electrons. The van der Waals surface area contributed by atoms with Crippen LogP contribution in [0.5, 0.6) is 0 Å². The number of piperidine rings is 1. The Kier molecular flexibility index (Phi) is 4.60. The number of aliphatic hydroxyl groups excluding tert-OH is 1. The summed E-state index contributed by atoms with van der Waals surface area (Å²) in [5.41, 5.74) is 1.12. The summed E-state index contributed by atoms with van der Waals surface area (Å²) in [6.07, 6.45) is 0.798. The lowest BCUT2D eigenvalue weighted by Crippen LogP contribution is -2.39. The Hall–Kier alpha value is -1.62. The van der Waals surface area contributed by atoms with Crippen molar-refractivity contribution in [1.82, 2.24) is 5.32 Å². The number of hydrogen-bond donors (Lipinski definition) is 2. The number of hydrogen-bond acceptors (Lipinski definition) is 3. The fraction of sp³-hybridized carbons (Fsp3) is 0.533. The van der Waals surface area contributed by atoms with Crippen LogP contribution in [0.15, 0.2) is 18.2 Å². The highest BCUT2D eigenvalue weighted by atomic mass is 19.1. The largest absolute Gasteiger partial charge is 0.389 e. The standard InChI is InChI=1S/C15H21FN2O2/c1-10(19)12-3-4-14(13(16)9-12)18-7-5-11(6-8-18)15(20)17-2/h3-4,9-11,19H,5-8H2,1-2H3,(H,17,20)/t10-/m1/s1. The van der Waals surface area contributed by atoms with Crippen molar-refractivity contribution in [1.29, 1.82) is 0 Å². The highest BCUT2D eigenvalue weighted by molar-refractivity contribution is 5.78. The van der Waals surface area contributed by atoms with Crippen LogP contribution in [0.2, 0.25) is 0 Å². The molecule has 0 unspecified atom stereocenters. The van der Waals surface area contributed by atoms with Gasteiger partial charge in [-0.05, 0) is 37.5 Å². The summed E-state index contributed by atoms with van der Waals surface area (Å²) in [5, 5.41) is 12.1. The van der Waals surface area contributed by atoms with Gasteiger partial charge in [-0.15, -0.1) is 0 Å². The first-order valence-electron chi connectivity index (χ1n) is 6.97. The van der Waals surface area contributed by atoms with Crippen molar-refractivity contribution in [2.45, 2.75) is 25.9 Å². The van der Waals surface area contributed by atoms with E-state index in [-0.39, 0.29) is 17.6 Å². The van der Waals surface area contributed by atoms with Crippen LogP contribution in [0.25, 0.3) is 0 Å². The van der Waals surface area contributed by atoms with E-state index in [0.29, 0.717) is 24.3 Å². The molecule has 1 aromatic carbocycles. The van der Waals surface area contributed by atoms with E-state index >= 15 is 0 Å². The molecule has 1 heterocycles. The van der Waals surface area contributed by atoms with Gasteiger partial charge in [-0.3, -0.25) is 4.79 Å². The van der Waals surface area contributed by atoms with Gasteiger partial charge in [0, 0.05) is 26.1 Å². The summed E-state index contributed by atoms with van der Waals surface area (Å²) in [7, 11) is 1.64. The minimum Gasteiger partial charge on any atom is -0.389 e. The van der Waals surface area contributed by atoms with E-state index in [2.05, 4.69) is 5.32 Å². The van der Waals surface area contributed by atoms with Crippen molar-refractivity contribution in [2.75, 3.05) is 25.0 Å². The first kappa shape index (κ1) is 14.8. The third-order valence-electron chi connectivity index (χ3n) is 3.91. The van der Waals surface area contributed by atoms with Crippen LogP contribution in [0.3, 0.4) is 0 Å². The monoisotopic (exact) mass is 280 g/mol. The molecule has 5 heteroatoms.